The maximum Gasteiger partial charge on any atom is 0.358 e. The number of aryl methyl sites for hydroxylation is 2. The van der Waals surface area contributed by atoms with Gasteiger partial charge in [-0.15, -0.1) is 0 Å². The average molecular weight is 261 g/mol. The molecule has 0 saturated carbocycles. The van der Waals surface area contributed by atoms with Crippen molar-refractivity contribution in [3.05, 3.63) is 47.7 Å². The Labute approximate surface area is 110 Å². The van der Waals surface area contributed by atoms with Crippen LogP contribution in [0.1, 0.15) is 28.7 Å². The Morgan fingerprint density at radius 2 is 2.16 bits per heavy atom. The normalized spacial score (nSPS) is 10.4. The molecule has 1 aromatic carbocycles. The molecule has 0 unspecified atom stereocenters. The summed E-state index contributed by atoms with van der Waals surface area (Å²) in [7, 11) is 0. The highest BCUT2D eigenvalue weighted by molar-refractivity contribution is 5.86. The fourth-order valence-electron chi connectivity index (χ4n) is 1.88. The lowest BCUT2D eigenvalue weighted by atomic mass is 10.1. The van der Waals surface area contributed by atoms with Crippen LogP contribution in [0.3, 0.4) is 0 Å². The van der Waals surface area contributed by atoms with E-state index in [1.807, 2.05) is 31.2 Å². The van der Waals surface area contributed by atoms with E-state index in [1.54, 1.807) is 0 Å². The molecule has 0 bridgehead atoms. The van der Waals surface area contributed by atoms with Crippen molar-refractivity contribution >= 4 is 5.97 Å². The Morgan fingerprint density at radius 1 is 1.37 bits per heavy atom. The highest BCUT2D eigenvalue weighted by atomic mass is 16.5. The molecule has 2 rings (SSSR count). The minimum Gasteiger partial charge on any atom is -0.494 e. The second-order valence-corrected chi connectivity index (χ2v) is 3.97. The predicted molar refractivity (Wildman–Crippen MR) is 68.5 cm³/mol. The molecule has 1 N–H and O–H groups in total. The number of benzene rings is 1. The third-order valence-electron chi connectivity index (χ3n) is 2.74. The van der Waals surface area contributed by atoms with Crippen molar-refractivity contribution in [2.75, 3.05) is 6.61 Å². The molecule has 0 aliphatic carbocycles. The SMILES string of the molecule is CCOc1ccccc1CCc1ocnc1C(=O)O. The summed E-state index contributed by atoms with van der Waals surface area (Å²) in [4.78, 5) is 14.6. The minimum atomic E-state index is -1.07. The largest absolute Gasteiger partial charge is 0.494 e. The molecule has 1 aromatic heterocycles. The molecule has 0 fully saturated rings. The number of nitrogens with zero attached hydrogens (tertiary/aromatic N) is 1. The number of rotatable bonds is 6. The third-order valence-corrected chi connectivity index (χ3v) is 2.74. The third kappa shape index (κ3) is 3.13. The lowest BCUT2D eigenvalue weighted by Gasteiger charge is -2.09. The maximum atomic E-state index is 10.9. The van der Waals surface area contributed by atoms with E-state index in [0.717, 1.165) is 17.7 Å². The summed E-state index contributed by atoms with van der Waals surface area (Å²) in [5.74, 6) is 0.141. The van der Waals surface area contributed by atoms with Gasteiger partial charge in [-0.25, -0.2) is 9.78 Å². The topological polar surface area (TPSA) is 72.6 Å². The van der Waals surface area contributed by atoms with Gasteiger partial charge in [0, 0.05) is 6.42 Å². The van der Waals surface area contributed by atoms with E-state index in [4.69, 9.17) is 14.3 Å². The standard InChI is InChI=1S/C14H15NO4/c1-2-18-11-6-4-3-5-10(11)7-8-12-13(14(16)17)15-9-19-12/h3-6,9H,2,7-8H2,1H3,(H,16,17). The Balaban J connectivity index is 2.10. The lowest BCUT2D eigenvalue weighted by Crippen LogP contribution is -2.03. The first-order chi connectivity index (χ1) is 9.22. The van der Waals surface area contributed by atoms with Gasteiger partial charge >= 0.3 is 5.97 Å². The number of carboxylic acids is 1. The second-order valence-electron chi connectivity index (χ2n) is 3.97. The first-order valence-electron chi connectivity index (χ1n) is 6.08. The summed E-state index contributed by atoms with van der Waals surface area (Å²) in [5, 5.41) is 8.94. The van der Waals surface area contributed by atoms with Gasteiger partial charge in [-0.1, -0.05) is 18.2 Å². The number of aromatic carboxylic acids is 1. The molecule has 5 nitrogen and oxygen atoms in total. The van der Waals surface area contributed by atoms with Crippen molar-refractivity contribution in [3.63, 3.8) is 0 Å². The average Bonchev–Trinajstić information content (AvgIpc) is 2.86. The van der Waals surface area contributed by atoms with Crippen LogP contribution >= 0.6 is 0 Å². The van der Waals surface area contributed by atoms with E-state index in [1.165, 1.54) is 0 Å². The first-order valence-corrected chi connectivity index (χ1v) is 6.08. The highest BCUT2D eigenvalue weighted by Gasteiger charge is 2.15. The first kappa shape index (κ1) is 13.1. The lowest BCUT2D eigenvalue weighted by molar-refractivity contribution is 0.0689. The summed E-state index contributed by atoms with van der Waals surface area (Å²) in [6.45, 7) is 2.52. The smallest absolute Gasteiger partial charge is 0.358 e. The number of para-hydroxylation sites is 1. The van der Waals surface area contributed by atoms with Crippen LogP contribution < -0.4 is 4.74 Å². The summed E-state index contributed by atoms with van der Waals surface area (Å²) >= 11 is 0. The van der Waals surface area contributed by atoms with E-state index in [-0.39, 0.29) is 5.69 Å². The fraction of sp³-hybridized carbons (Fsp3) is 0.286. The van der Waals surface area contributed by atoms with Gasteiger partial charge in [-0.3, -0.25) is 0 Å². The molecular formula is C14H15NO4. The maximum absolute atomic E-state index is 10.9. The zero-order valence-corrected chi connectivity index (χ0v) is 10.6. The zero-order chi connectivity index (χ0) is 13.7. The van der Waals surface area contributed by atoms with Crippen molar-refractivity contribution in [1.82, 2.24) is 4.98 Å². The van der Waals surface area contributed by atoms with Crippen molar-refractivity contribution in [2.45, 2.75) is 19.8 Å². The molecule has 0 saturated heterocycles. The van der Waals surface area contributed by atoms with Gasteiger partial charge in [-0.2, -0.15) is 0 Å². The van der Waals surface area contributed by atoms with Crippen molar-refractivity contribution < 1.29 is 19.1 Å². The number of carbonyl (C=O) groups is 1. The van der Waals surface area contributed by atoms with E-state index >= 15 is 0 Å². The van der Waals surface area contributed by atoms with Gasteiger partial charge in [0.15, 0.2) is 12.1 Å². The molecule has 0 atom stereocenters. The van der Waals surface area contributed by atoms with Crippen LogP contribution in [0.5, 0.6) is 5.75 Å². The number of carboxylic acid groups (broad SMARTS) is 1. The number of hydrogen-bond acceptors (Lipinski definition) is 4. The van der Waals surface area contributed by atoms with E-state index < -0.39 is 5.97 Å². The highest BCUT2D eigenvalue weighted by Crippen LogP contribution is 2.20. The summed E-state index contributed by atoms with van der Waals surface area (Å²) in [6.07, 6.45) is 2.28. The molecule has 0 aliphatic rings. The van der Waals surface area contributed by atoms with Gasteiger partial charge in [-0.05, 0) is 25.0 Å². The Hall–Kier alpha value is -2.30. The predicted octanol–water partition coefficient (Wildman–Crippen LogP) is 2.56. The fourth-order valence-corrected chi connectivity index (χ4v) is 1.88. The van der Waals surface area contributed by atoms with Crippen LogP contribution in [0.25, 0.3) is 0 Å². The van der Waals surface area contributed by atoms with Gasteiger partial charge in [0.1, 0.15) is 11.5 Å². The minimum absolute atomic E-state index is 0.0195. The molecule has 2 aromatic rings. The van der Waals surface area contributed by atoms with Crippen LogP contribution in [0, 0.1) is 0 Å². The second kappa shape index (κ2) is 6.04. The molecule has 0 aliphatic heterocycles. The number of ether oxygens (including phenoxy) is 1. The van der Waals surface area contributed by atoms with E-state index in [0.29, 0.717) is 25.2 Å². The van der Waals surface area contributed by atoms with Crippen LogP contribution in [0.4, 0.5) is 0 Å². The molecule has 5 heteroatoms. The van der Waals surface area contributed by atoms with Crippen LogP contribution in [-0.4, -0.2) is 22.7 Å². The number of oxazole rings is 1. The molecule has 1 heterocycles. The Morgan fingerprint density at radius 3 is 2.89 bits per heavy atom. The zero-order valence-electron chi connectivity index (χ0n) is 10.6. The van der Waals surface area contributed by atoms with Crippen molar-refractivity contribution in [2.24, 2.45) is 0 Å². The van der Waals surface area contributed by atoms with Crippen molar-refractivity contribution in [1.29, 1.82) is 0 Å². The molecular weight excluding hydrogens is 246 g/mol. The molecule has 0 radical (unpaired) electrons. The van der Waals surface area contributed by atoms with Gasteiger partial charge in [0.25, 0.3) is 0 Å². The summed E-state index contributed by atoms with van der Waals surface area (Å²) < 4.78 is 10.6. The number of aromatic nitrogens is 1. The Kier molecular flexibility index (Phi) is 4.18. The quantitative estimate of drug-likeness (QED) is 0.865. The summed E-state index contributed by atoms with van der Waals surface area (Å²) in [6, 6.07) is 7.70. The number of hydrogen-bond donors (Lipinski definition) is 1. The monoisotopic (exact) mass is 261 g/mol. The molecule has 0 amide bonds. The van der Waals surface area contributed by atoms with Crippen LogP contribution in [0.2, 0.25) is 0 Å². The van der Waals surface area contributed by atoms with Gasteiger partial charge in [0.2, 0.25) is 0 Å². The van der Waals surface area contributed by atoms with Crippen LogP contribution in [-0.2, 0) is 12.8 Å². The summed E-state index contributed by atoms with van der Waals surface area (Å²) in [5.41, 5.74) is 1.01. The molecule has 19 heavy (non-hydrogen) atoms. The molecule has 0 spiro atoms. The molecule has 100 valence electrons. The van der Waals surface area contributed by atoms with Crippen molar-refractivity contribution in [3.8, 4) is 5.75 Å². The Bertz CT molecular complexity index is 562. The van der Waals surface area contributed by atoms with E-state index in [9.17, 15) is 4.79 Å². The van der Waals surface area contributed by atoms with E-state index in [2.05, 4.69) is 4.98 Å². The van der Waals surface area contributed by atoms with Crippen LogP contribution in [0.15, 0.2) is 35.1 Å². The van der Waals surface area contributed by atoms with Gasteiger partial charge < -0.3 is 14.3 Å². The van der Waals surface area contributed by atoms with Gasteiger partial charge in [0.05, 0.1) is 6.61 Å².